The van der Waals surface area contributed by atoms with Crippen molar-refractivity contribution in [3.05, 3.63) is 81.6 Å². The number of aromatic amines is 1. The zero-order valence-corrected chi connectivity index (χ0v) is 18.3. The molecule has 2 aromatic carbocycles. The number of nitrogens with one attached hydrogen (secondary N) is 1. The Morgan fingerprint density at radius 2 is 1.97 bits per heavy atom. The van der Waals surface area contributed by atoms with Gasteiger partial charge in [0.1, 0.15) is 5.75 Å². The summed E-state index contributed by atoms with van der Waals surface area (Å²) < 4.78 is 11.7. The molecule has 0 spiro atoms. The van der Waals surface area contributed by atoms with Gasteiger partial charge in [-0.05, 0) is 47.9 Å². The molecule has 0 saturated heterocycles. The molecule has 0 aliphatic carbocycles. The van der Waals surface area contributed by atoms with Crippen LogP contribution >= 0.6 is 15.9 Å². The smallest absolute Gasteiger partial charge is 0.336 e. The minimum Gasteiger partial charge on any atom is -0.497 e. The minimum absolute atomic E-state index is 0.177. The van der Waals surface area contributed by atoms with E-state index in [9.17, 15) is 4.79 Å². The van der Waals surface area contributed by atoms with Crippen molar-refractivity contribution >= 4 is 38.5 Å². The van der Waals surface area contributed by atoms with E-state index in [-0.39, 0.29) is 11.9 Å². The number of halogens is 1. The lowest BCUT2D eigenvalue weighted by atomic mass is 9.84. The molecule has 1 atom stereocenters. The molecule has 5 nitrogen and oxygen atoms in total. The Bertz CT molecular complexity index is 1210. The van der Waals surface area contributed by atoms with Crippen molar-refractivity contribution in [3.63, 3.8) is 0 Å². The summed E-state index contributed by atoms with van der Waals surface area (Å²) >= 11 is 3.49. The maximum absolute atomic E-state index is 13.0. The van der Waals surface area contributed by atoms with Crippen molar-refractivity contribution < 1.29 is 14.3 Å². The molecule has 3 aromatic rings. The normalized spacial score (nSPS) is 17.7. The van der Waals surface area contributed by atoms with Crippen LogP contribution in [-0.2, 0) is 16.0 Å². The number of ether oxygens (including phenoxy) is 2. The monoisotopic (exact) mass is 464 g/mol. The number of aromatic nitrogens is 1. The van der Waals surface area contributed by atoms with Crippen molar-refractivity contribution in [2.75, 3.05) is 20.8 Å². The van der Waals surface area contributed by atoms with Gasteiger partial charge in [0.05, 0.1) is 31.2 Å². The number of methoxy groups -OCH3 is 2. The second kappa shape index (κ2) is 7.36. The van der Waals surface area contributed by atoms with Crippen LogP contribution in [0.3, 0.4) is 0 Å². The van der Waals surface area contributed by atoms with Crippen molar-refractivity contribution in [1.29, 1.82) is 0 Å². The highest BCUT2D eigenvalue weighted by molar-refractivity contribution is 9.10. The number of carbonyl (C=O) groups excluding carboxylic acids is 1. The highest BCUT2D eigenvalue weighted by Gasteiger charge is 2.36. The maximum Gasteiger partial charge on any atom is 0.336 e. The molecule has 0 bridgehead atoms. The van der Waals surface area contributed by atoms with E-state index in [2.05, 4.69) is 44.2 Å². The van der Waals surface area contributed by atoms with Gasteiger partial charge in [0.2, 0.25) is 0 Å². The molecule has 2 aliphatic rings. The number of nitrogens with zero attached hydrogens (tertiary/aromatic N) is 1. The first-order valence-corrected chi connectivity index (χ1v) is 10.6. The van der Waals surface area contributed by atoms with E-state index in [1.54, 1.807) is 7.11 Å². The molecule has 0 radical (unpaired) electrons. The summed E-state index contributed by atoms with van der Waals surface area (Å²) in [6.45, 7) is 0.802. The number of H-pyrrole nitrogens is 1. The minimum atomic E-state index is -0.309. The van der Waals surface area contributed by atoms with Gasteiger partial charge in [0.25, 0.3) is 0 Å². The highest BCUT2D eigenvalue weighted by Crippen LogP contribution is 2.43. The fraction of sp³-hybridized carbons (Fsp3) is 0.208. The quantitative estimate of drug-likeness (QED) is 0.554. The van der Waals surface area contributed by atoms with Crippen LogP contribution in [0.1, 0.15) is 22.7 Å². The third kappa shape index (κ3) is 2.94. The first-order valence-electron chi connectivity index (χ1n) is 9.82. The lowest BCUT2D eigenvalue weighted by Gasteiger charge is -2.35. The summed E-state index contributed by atoms with van der Waals surface area (Å²) in [4.78, 5) is 18.7. The van der Waals surface area contributed by atoms with Gasteiger partial charge < -0.3 is 19.4 Å². The number of esters is 1. The number of fused-ring (bicyclic) bond motifs is 5. The van der Waals surface area contributed by atoms with Gasteiger partial charge in [-0.25, -0.2) is 4.79 Å². The Balaban J connectivity index is 1.74. The van der Waals surface area contributed by atoms with Crippen LogP contribution in [-0.4, -0.2) is 36.6 Å². The van der Waals surface area contributed by atoms with Crippen LogP contribution in [0.15, 0.2) is 64.8 Å². The Kier molecular flexibility index (Phi) is 4.66. The molecular formula is C24H21BrN2O3. The van der Waals surface area contributed by atoms with Gasteiger partial charge in [-0.1, -0.05) is 34.1 Å². The van der Waals surface area contributed by atoms with Crippen LogP contribution in [0.2, 0.25) is 0 Å². The van der Waals surface area contributed by atoms with Crippen LogP contribution in [0, 0.1) is 0 Å². The molecule has 0 saturated carbocycles. The summed E-state index contributed by atoms with van der Waals surface area (Å²) in [5.41, 5.74) is 5.83. The molecule has 1 N–H and O–H groups in total. The highest BCUT2D eigenvalue weighted by atomic mass is 79.9. The van der Waals surface area contributed by atoms with E-state index >= 15 is 0 Å². The van der Waals surface area contributed by atoms with E-state index in [0.717, 1.165) is 51.0 Å². The second-order valence-corrected chi connectivity index (χ2v) is 8.37. The summed E-state index contributed by atoms with van der Waals surface area (Å²) in [5, 5.41) is 1.13. The molecule has 5 rings (SSSR count). The SMILES string of the molecule is COC(=O)C1=C2c3[nH]c4ccc(OC)cc4c3CCN2C=C[C@H]1c1ccc(Br)cc1. The summed E-state index contributed by atoms with van der Waals surface area (Å²) in [5.74, 6) is 0.338. The molecule has 0 unspecified atom stereocenters. The van der Waals surface area contributed by atoms with E-state index in [0.29, 0.717) is 5.57 Å². The van der Waals surface area contributed by atoms with Crippen molar-refractivity contribution in [2.45, 2.75) is 12.3 Å². The number of hydrogen-bond acceptors (Lipinski definition) is 4. The predicted molar refractivity (Wildman–Crippen MR) is 120 cm³/mol. The lowest BCUT2D eigenvalue weighted by molar-refractivity contribution is -0.136. The van der Waals surface area contributed by atoms with Crippen LogP contribution < -0.4 is 4.74 Å². The number of benzene rings is 2. The average Bonchev–Trinajstić information content (AvgIpc) is 3.16. The molecule has 3 heterocycles. The standard InChI is InChI=1S/C24H21BrN2O3/c1-29-16-7-8-20-19(13-16)18-10-12-27-11-9-17(14-3-5-15(25)6-4-14)21(24(28)30-2)23(27)22(18)26-20/h3-9,11,13,17,26H,10,12H2,1-2H3/t17-/m0/s1. The Hall–Kier alpha value is -2.99. The molecular weight excluding hydrogens is 444 g/mol. The van der Waals surface area contributed by atoms with Crippen molar-refractivity contribution in [3.8, 4) is 5.75 Å². The number of carbonyl (C=O) groups is 1. The number of hydrogen-bond donors (Lipinski definition) is 1. The first-order chi connectivity index (χ1) is 14.6. The van der Waals surface area contributed by atoms with Gasteiger partial charge in [0, 0.05) is 34.0 Å². The fourth-order valence-electron chi connectivity index (χ4n) is 4.46. The van der Waals surface area contributed by atoms with E-state index in [1.807, 2.05) is 36.4 Å². The van der Waals surface area contributed by atoms with E-state index in [1.165, 1.54) is 12.7 Å². The van der Waals surface area contributed by atoms with Crippen LogP contribution in [0.5, 0.6) is 5.75 Å². The fourth-order valence-corrected chi connectivity index (χ4v) is 4.72. The Labute approximate surface area is 183 Å². The van der Waals surface area contributed by atoms with Gasteiger partial charge >= 0.3 is 5.97 Å². The molecule has 1 aromatic heterocycles. The largest absolute Gasteiger partial charge is 0.497 e. The maximum atomic E-state index is 13.0. The number of allylic oxidation sites excluding steroid dienone is 1. The summed E-state index contributed by atoms with van der Waals surface area (Å²) in [6, 6.07) is 14.1. The van der Waals surface area contributed by atoms with Crippen molar-refractivity contribution in [1.82, 2.24) is 9.88 Å². The number of rotatable bonds is 3. The second-order valence-electron chi connectivity index (χ2n) is 7.46. The molecule has 30 heavy (non-hydrogen) atoms. The van der Waals surface area contributed by atoms with Gasteiger partial charge in [-0.2, -0.15) is 0 Å². The zero-order valence-electron chi connectivity index (χ0n) is 16.7. The molecule has 0 amide bonds. The third-order valence-corrected chi connectivity index (χ3v) is 6.43. The molecule has 6 heteroatoms. The lowest BCUT2D eigenvalue weighted by Crippen LogP contribution is -2.31. The Morgan fingerprint density at radius 3 is 2.70 bits per heavy atom. The summed E-state index contributed by atoms with van der Waals surface area (Å²) in [6.07, 6.45) is 5.05. The molecule has 152 valence electrons. The topological polar surface area (TPSA) is 54.6 Å². The third-order valence-electron chi connectivity index (χ3n) is 5.90. The van der Waals surface area contributed by atoms with E-state index in [4.69, 9.17) is 9.47 Å². The van der Waals surface area contributed by atoms with Crippen LogP contribution in [0.25, 0.3) is 16.6 Å². The van der Waals surface area contributed by atoms with Crippen molar-refractivity contribution in [2.24, 2.45) is 0 Å². The summed E-state index contributed by atoms with van der Waals surface area (Å²) in [7, 11) is 3.12. The van der Waals surface area contributed by atoms with Gasteiger partial charge in [0.15, 0.2) is 0 Å². The van der Waals surface area contributed by atoms with Crippen LogP contribution in [0.4, 0.5) is 0 Å². The molecule has 0 fully saturated rings. The predicted octanol–water partition coefficient (Wildman–Crippen LogP) is 4.99. The Morgan fingerprint density at radius 1 is 1.17 bits per heavy atom. The van der Waals surface area contributed by atoms with Gasteiger partial charge in [-0.15, -0.1) is 0 Å². The molecule has 2 aliphatic heterocycles. The first kappa shape index (κ1) is 19.0. The van der Waals surface area contributed by atoms with E-state index < -0.39 is 0 Å². The average molecular weight is 465 g/mol. The van der Waals surface area contributed by atoms with Gasteiger partial charge in [-0.3, -0.25) is 0 Å². The zero-order chi connectivity index (χ0) is 20.8.